The summed E-state index contributed by atoms with van der Waals surface area (Å²) in [6.45, 7) is 5.06. The number of carbonyl (C=O) groups is 1. The van der Waals surface area contributed by atoms with Gasteiger partial charge in [0.25, 0.3) is 0 Å². The van der Waals surface area contributed by atoms with Gasteiger partial charge in [-0.15, -0.1) is 0 Å². The molecular weight excluding hydrogens is 371 g/mol. The van der Waals surface area contributed by atoms with Gasteiger partial charge in [0.05, 0.1) is 3.92 Å². The Morgan fingerprint density at radius 1 is 0.952 bits per heavy atom. The van der Waals surface area contributed by atoms with E-state index in [-0.39, 0.29) is 3.92 Å². The van der Waals surface area contributed by atoms with Gasteiger partial charge in [-0.25, -0.2) is 0 Å². The molecule has 4 fully saturated rings. The van der Waals surface area contributed by atoms with Crippen LogP contribution in [0.1, 0.15) is 71.6 Å². The zero-order chi connectivity index (χ0) is 14.8. The van der Waals surface area contributed by atoms with E-state index in [1.807, 2.05) is 0 Å². The van der Waals surface area contributed by atoms with Gasteiger partial charge < -0.3 is 0 Å². The van der Waals surface area contributed by atoms with Crippen LogP contribution in [0.25, 0.3) is 0 Å². The molecule has 2 heteroatoms. The highest BCUT2D eigenvalue weighted by molar-refractivity contribution is 14.1. The van der Waals surface area contributed by atoms with Crippen LogP contribution < -0.4 is 0 Å². The van der Waals surface area contributed by atoms with Gasteiger partial charge in [0.15, 0.2) is 0 Å². The molecule has 0 N–H and O–H groups in total. The molecule has 0 aromatic rings. The summed E-state index contributed by atoms with van der Waals surface area (Å²) in [4.78, 5) is 12.4. The number of alkyl halides is 1. The van der Waals surface area contributed by atoms with Crippen LogP contribution >= 0.6 is 22.6 Å². The molecule has 0 radical (unpaired) electrons. The van der Waals surface area contributed by atoms with Gasteiger partial charge in [-0.2, -0.15) is 0 Å². The Morgan fingerprint density at radius 3 is 2.57 bits per heavy atom. The highest BCUT2D eigenvalue weighted by Crippen LogP contribution is 2.66. The third-order valence-electron chi connectivity index (χ3n) is 8.30. The molecule has 0 unspecified atom stereocenters. The lowest BCUT2D eigenvalue weighted by molar-refractivity contribution is -0.117. The first kappa shape index (κ1) is 15.0. The largest absolute Gasteiger partial charge is 0.298 e. The molecule has 0 aromatic carbocycles. The fourth-order valence-corrected chi connectivity index (χ4v) is 8.06. The number of ketones is 1. The van der Waals surface area contributed by atoms with Crippen LogP contribution in [0, 0.1) is 34.5 Å². The zero-order valence-corrected chi connectivity index (χ0v) is 15.7. The standard InChI is InChI=1S/C19H29IO/c1-18-9-4-3-5-12(18)6-7-13-14(18)8-10-19(2)15(13)11-16(21)17(19)20/h12-15,17H,3-11H2,1-2H3/t12-,13-,14+,15+,17-,18+,19+/m1/s1. The fourth-order valence-electron chi connectivity index (χ4n) is 7.03. The predicted octanol–water partition coefficient (Wildman–Crippen LogP) is 5.40. The Morgan fingerprint density at radius 2 is 1.76 bits per heavy atom. The van der Waals surface area contributed by atoms with Crippen molar-refractivity contribution < 1.29 is 4.79 Å². The molecule has 4 saturated carbocycles. The van der Waals surface area contributed by atoms with Gasteiger partial charge >= 0.3 is 0 Å². The molecular formula is C19H29IO. The zero-order valence-electron chi connectivity index (χ0n) is 13.5. The highest BCUT2D eigenvalue weighted by atomic mass is 127. The molecule has 0 aromatic heterocycles. The minimum absolute atomic E-state index is 0.290. The first-order valence-electron chi connectivity index (χ1n) is 9.13. The van der Waals surface area contributed by atoms with E-state index >= 15 is 0 Å². The van der Waals surface area contributed by atoms with E-state index in [1.54, 1.807) is 0 Å². The summed E-state index contributed by atoms with van der Waals surface area (Å²) in [5, 5.41) is 0. The maximum absolute atomic E-state index is 12.4. The van der Waals surface area contributed by atoms with E-state index in [0.29, 0.717) is 22.5 Å². The van der Waals surface area contributed by atoms with Crippen LogP contribution in [-0.4, -0.2) is 9.71 Å². The van der Waals surface area contributed by atoms with Crippen LogP contribution in [0.5, 0.6) is 0 Å². The van der Waals surface area contributed by atoms with Gasteiger partial charge in [-0.05, 0) is 73.0 Å². The summed E-state index contributed by atoms with van der Waals surface area (Å²) >= 11 is 2.46. The number of hydrogen-bond donors (Lipinski definition) is 0. The van der Waals surface area contributed by atoms with Gasteiger partial charge in [0.2, 0.25) is 0 Å². The summed E-state index contributed by atoms with van der Waals surface area (Å²) in [7, 11) is 0. The lowest BCUT2D eigenvalue weighted by Gasteiger charge is -2.60. The number of hydrogen-bond acceptors (Lipinski definition) is 1. The smallest absolute Gasteiger partial charge is 0.146 e. The van der Waals surface area contributed by atoms with E-state index in [0.717, 1.165) is 24.2 Å². The van der Waals surface area contributed by atoms with Crippen molar-refractivity contribution in [3.8, 4) is 0 Å². The second kappa shape index (κ2) is 4.95. The molecule has 0 aliphatic heterocycles. The van der Waals surface area contributed by atoms with Crippen LogP contribution in [0.4, 0.5) is 0 Å². The molecule has 0 heterocycles. The number of carbonyl (C=O) groups excluding carboxylic acids is 1. The molecule has 21 heavy (non-hydrogen) atoms. The van der Waals surface area contributed by atoms with Gasteiger partial charge in [0.1, 0.15) is 5.78 Å². The first-order chi connectivity index (χ1) is 9.97. The van der Waals surface area contributed by atoms with E-state index in [9.17, 15) is 4.79 Å². The number of fused-ring (bicyclic) bond motifs is 5. The summed E-state index contributed by atoms with van der Waals surface area (Å²) < 4.78 is 0.290. The van der Waals surface area contributed by atoms with Crippen molar-refractivity contribution in [3.63, 3.8) is 0 Å². The molecule has 0 amide bonds. The van der Waals surface area contributed by atoms with E-state index < -0.39 is 0 Å². The first-order valence-corrected chi connectivity index (χ1v) is 10.4. The number of halogens is 1. The molecule has 4 aliphatic rings. The monoisotopic (exact) mass is 400 g/mol. The van der Waals surface area contributed by atoms with Crippen molar-refractivity contribution in [3.05, 3.63) is 0 Å². The Hall–Kier alpha value is 0.400. The molecule has 0 spiro atoms. The third kappa shape index (κ3) is 1.96. The fraction of sp³-hybridized carbons (Fsp3) is 0.947. The second-order valence-electron chi connectivity index (χ2n) is 8.98. The van der Waals surface area contributed by atoms with Crippen molar-refractivity contribution in [2.75, 3.05) is 0 Å². The highest BCUT2D eigenvalue weighted by Gasteiger charge is 2.61. The Bertz CT molecular complexity index is 460. The molecule has 1 nitrogen and oxygen atoms in total. The van der Waals surface area contributed by atoms with E-state index in [2.05, 4.69) is 36.4 Å². The number of Topliss-reactive ketones (excluding diaryl/α,β-unsaturated/α-hetero) is 1. The van der Waals surface area contributed by atoms with Gasteiger partial charge in [-0.3, -0.25) is 4.79 Å². The average Bonchev–Trinajstić information content (AvgIpc) is 2.70. The van der Waals surface area contributed by atoms with E-state index in [4.69, 9.17) is 0 Å². The molecule has 118 valence electrons. The molecule has 4 rings (SSSR count). The van der Waals surface area contributed by atoms with Crippen molar-refractivity contribution in [2.24, 2.45) is 34.5 Å². The van der Waals surface area contributed by atoms with Crippen LogP contribution in [-0.2, 0) is 4.79 Å². The van der Waals surface area contributed by atoms with Crippen molar-refractivity contribution in [1.82, 2.24) is 0 Å². The van der Waals surface area contributed by atoms with Gasteiger partial charge in [0, 0.05) is 6.42 Å². The summed E-state index contributed by atoms with van der Waals surface area (Å²) in [5.74, 6) is 4.02. The van der Waals surface area contributed by atoms with Gasteiger partial charge in [-0.1, -0.05) is 49.3 Å². The maximum atomic E-state index is 12.4. The molecule has 7 atom stereocenters. The van der Waals surface area contributed by atoms with Crippen molar-refractivity contribution in [2.45, 2.75) is 75.6 Å². The second-order valence-corrected chi connectivity index (χ2v) is 10.2. The van der Waals surface area contributed by atoms with Crippen LogP contribution in [0.3, 0.4) is 0 Å². The van der Waals surface area contributed by atoms with E-state index in [1.165, 1.54) is 51.4 Å². The predicted molar refractivity (Wildman–Crippen MR) is 94.5 cm³/mol. The molecule has 4 aliphatic carbocycles. The van der Waals surface area contributed by atoms with Crippen molar-refractivity contribution >= 4 is 28.4 Å². The summed E-state index contributed by atoms with van der Waals surface area (Å²) in [5.41, 5.74) is 0.922. The lowest BCUT2D eigenvalue weighted by Crippen LogP contribution is -2.52. The maximum Gasteiger partial charge on any atom is 0.146 e. The Labute approximate surface area is 143 Å². The quantitative estimate of drug-likeness (QED) is 0.393. The normalized spacial score (nSPS) is 56.5. The van der Waals surface area contributed by atoms with Crippen LogP contribution in [0.2, 0.25) is 0 Å². The number of rotatable bonds is 0. The SMILES string of the molecule is C[C@]12CCCC[C@@H]1CC[C@@H]1[C@@H]2CC[C@]2(C)[C@H](I)C(=O)C[C@@H]12. The van der Waals surface area contributed by atoms with Crippen molar-refractivity contribution in [1.29, 1.82) is 0 Å². The minimum atomic E-state index is 0.290. The Balaban J connectivity index is 1.67. The van der Waals surface area contributed by atoms with Crippen LogP contribution in [0.15, 0.2) is 0 Å². The summed E-state index contributed by atoms with van der Waals surface area (Å²) in [6.07, 6.45) is 12.3. The average molecular weight is 400 g/mol. The topological polar surface area (TPSA) is 17.1 Å². The Kier molecular flexibility index (Phi) is 3.52. The third-order valence-corrected chi connectivity index (χ3v) is 10.4. The minimum Gasteiger partial charge on any atom is -0.298 e. The lowest BCUT2D eigenvalue weighted by atomic mass is 9.45. The molecule has 0 bridgehead atoms. The molecule has 0 saturated heterocycles. The summed E-state index contributed by atoms with van der Waals surface area (Å²) in [6, 6.07) is 0.